The quantitative estimate of drug-likeness (QED) is 0.334. The van der Waals surface area contributed by atoms with Crippen LogP contribution in [0.3, 0.4) is 0 Å². The van der Waals surface area contributed by atoms with Crippen molar-refractivity contribution in [1.82, 2.24) is 9.97 Å². The highest BCUT2D eigenvalue weighted by Gasteiger charge is 2.26. The summed E-state index contributed by atoms with van der Waals surface area (Å²) in [5.74, 6) is 1.87. The summed E-state index contributed by atoms with van der Waals surface area (Å²) in [6, 6.07) is 13.8. The third-order valence-corrected chi connectivity index (χ3v) is 7.11. The zero-order valence-corrected chi connectivity index (χ0v) is 23.2. The van der Waals surface area contributed by atoms with Gasteiger partial charge in [-0.2, -0.15) is 0 Å². The Morgan fingerprint density at radius 1 is 0.868 bits per heavy atom. The fraction of sp³-hybridized carbons (Fsp3) is 0.393. The van der Waals surface area contributed by atoms with E-state index in [0.717, 1.165) is 11.4 Å². The van der Waals surface area contributed by atoms with E-state index in [1.54, 1.807) is 32.7 Å². The van der Waals surface area contributed by atoms with Crippen molar-refractivity contribution in [2.75, 3.05) is 44.0 Å². The van der Waals surface area contributed by atoms with Gasteiger partial charge in [0.05, 0.1) is 30.9 Å². The molecule has 0 radical (unpaired) electrons. The Labute approximate surface area is 234 Å². The fourth-order valence-corrected chi connectivity index (χ4v) is 4.96. The van der Waals surface area contributed by atoms with Gasteiger partial charge in [-0.1, -0.05) is 42.5 Å². The highest BCUT2D eigenvalue weighted by molar-refractivity contribution is 6.32. The molecular formula is C28H33Cl2N5O3. The number of benzene rings is 2. The molecule has 1 aliphatic heterocycles. The summed E-state index contributed by atoms with van der Waals surface area (Å²) in [6.45, 7) is 1.71. The van der Waals surface area contributed by atoms with Crippen LogP contribution in [0, 0.1) is 5.92 Å². The summed E-state index contributed by atoms with van der Waals surface area (Å²) < 4.78 is 16.9. The SMILES string of the molecule is COc1ccc(N2CN=C(OCC3CCCCC3)N(c3ccc(OC)c(Cl)c3)C2)cc1Cl.c1cncnc1. The van der Waals surface area contributed by atoms with Crippen molar-refractivity contribution in [3.05, 3.63) is 71.2 Å². The topological polar surface area (TPSA) is 72.3 Å². The number of rotatable bonds is 6. The molecule has 0 bridgehead atoms. The van der Waals surface area contributed by atoms with Crippen molar-refractivity contribution in [3.8, 4) is 11.5 Å². The Kier molecular flexibility index (Phi) is 10.3. The van der Waals surface area contributed by atoms with Crippen LogP contribution in [0.5, 0.6) is 11.5 Å². The molecule has 38 heavy (non-hydrogen) atoms. The molecule has 2 heterocycles. The van der Waals surface area contributed by atoms with Crippen molar-refractivity contribution in [2.24, 2.45) is 10.9 Å². The Bertz CT molecular complexity index is 1170. The Morgan fingerprint density at radius 2 is 1.50 bits per heavy atom. The first-order valence-corrected chi connectivity index (χ1v) is 13.4. The standard InChI is InChI=1S/C24H29Cl2N3O3.C4H4N2/c1-30-22-10-8-18(12-20(22)25)28-15-27-24(32-14-17-6-4-3-5-7-17)29(16-28)19-9-11-23(31-2)21(26)13-19;1-2-5-4-6-3-1/h8-13,17H,3-7,14-16H2,1-2H3;1-4H. The van der Waals surface area contributed by atoms with Crippen molar-refractivity contribution in [1.29, 1.82) is 0 Å². The van der Waals surface area contributed by atoms with Crippen LogP contribution in [0.2, 0.25) is 10.0 Å². The average Bonchev–Trinajstić information content (AvgIpc) is 2.97. The van der Waals surface area contributed by atoms with Crippen molar-refractivity contribution >= 4 is 40.6 Å². The molecule has 0 atom stereocenters. The molecule has 0 spiro atoms. The predicted molar refractivity (Wildman–Crippen MR) is 153 cm³/mol. The third-order valence-electron chi connectivity index (χ3n) is 6.52. The second-order valence-electron chi connectivity index (χ2n) is 9.05. The van der Waals surface area contributed by atoms with Crippen LogP contribution in [-0.4, -0.2) is 50.2 Å². The molecule has 1 aromatic heterocycles. The van der Waals surface area contributed by atoms with Crippen molar-refractivity contribution < 1.29 is 14.2 Å². The third kappa shape index (κ3) is 7.42. The summed E-state index contributed by atoms with van der Waals surface area (Å²) in [5.41, 5.74) is 1.85. The van der Waals surface area contributed by atoms with Crippen LogP contribution in [0.15, 0.2) is 66.2 Å². The number of aromatic nitrogens is 2. The number of aliphatic imine (C=N–C) groups is 1. The maximum atomic E-state index is 6.43. The van der Waals surface area contributed by atoms with Crippen LogP contribution in [0.25, 0.3) is 0 Å². The lowest BCUT2D eigenvalue weighted by Crippen LogP contribution is -2.48. The minimum Gasteiger partial charge on any atom is -0.495 e. The molecule has 0 saturated heterocycles. The number of methoxy groups -OCH3 is 2. The second-order valence-corrected chi connectivity index (χ2v) is 9.86. The summed E-state index contributed by atoms with van der Waals surface area (Å²) in [4.78, 5) is 16.3. The van der Waals surface area contributed by atoms with E-state index in [-0.39, 0.29) is 0 Å². The van der Waals surface area contributed by atoms with E-state index in [1.165, 1.54) is 38.4 Å². The van der Waals surface area contributed by atoms with Gasteiger partial charge < -0.3 is 19.1 Å². The molecule has 2 aromatic carbocycles. The normalized spacial score (nSPS) is 15.7. The monoisotopic (exact) mass is 557 g/mol. The molecule has 8 nitrogen and oxygen atoms in total. The largest absolute Gasteiger partial charge is 0.495 e. The Morgan fingerprint density at radius 3 is 2.05 bits per heavy atom. The molecule has 1 fully saturated rings. The van der Waals surface area contributed by atoms with Gasteiger partial charge in [0.15, 0.2) is 0 Å². The lowest BCUT2D eigenvalue weighted by atomic mass is 9.90. The predicted octanol–water partition coefficient (Wildman–Crippen LogP) is 6.68. The van der Waals surface area contributed by atoms with Crippen molar-refractivity contribution in [3.63, 3.8) is 0 Å². The van der Waals surface area contributed by atoms with Crippen LogP contribution >= 0.6 is 23.2 Å². The summed E-state index contributed by atoms with van der Waals surface area (Å²) >= 11 is 12.8. The van der Waals surface area contributed by atoms with Gasteiger partial charge in [-0.15, -0.1) is 0 Å². The van der Waals surface area contributed by atoms with Gasteiger partial charge >= 0.3 is 0 Å². The van der Waals surface area contributed by atoms with Crippen LogP contribution in [0.4, 0.5) is 11.4 Å². The maximum absolute atomic E-state index is 6.43. The summed E-state index contributed by atoms with van der Waals surface area (Å²) in [7, 11) is 3.22. The smallest absolute Gasteiger partial charge is 0.295 e. The van der Waals surface area contributed by atoms with E-state index in [4.69, 9.17) is 42.4 Å². The lowest BCUT2D eigenvalue weighted by molar-refractivity contribution is 0.193. The van der Waals surface area contributed by atoms with Gasteiger partial charge in [0.2, 0.25) is 0 Å². The fourth-order valence-electron chi connectivity index (χ4n) is 4.46. The van der Waals surface area contributed by atoms with Gasteiger partial charge in [0.25, 0.3) is 6.02 Å². The number of nitrogens with zero attached hydrogens (tertiary/aromatic N) is 5. The number of hydrogen-bond donors (Lipinski definition) is 0. The Balaban J connectivity index is 0.000000494. The van der Waals surface area contributed by atoms with E-state index >= 15 is 0 Å². The van der Waals surface area contributed by atoms with E-state index < -0.39 is 0 Å². The first-order valence-electron chi connectivity index (χ1n) is 12.7. The number of hydrogen-bond acceptors (Lipinski definition) is 8. The molecule has 0 unspecified atom stereocenters. The number of halogens is 2. The zero-order valence-electron chi connectivity index (χ0n) is 21.7. The summed E-state index contributed by atoms with van der Waals surface area (Å²) in [6.07, 6.45) is 11.2. The molecular weight excluding hydrogens is 525 g/mol. The van der Waals surface area contributed by atoms with E-state index in [9.17, 15) is 0 Å². The highest BCUT2D eigenvalue weighted by atomic mass is 35.5. The van der Waals surface area contributed by atoms with Crippen molar-refractivity contribution in [2.45, 2.75) is 32.1 Å². The Hall–Kier alpha value is -3.23. The van der Waals surface area contributed by atoms with Gasteiger partial charge in [-0.25, -0.2) is 15.0 Å². The number of ether oxygens (including phenoxy) is 3. The second kappa shape index (κ2) is 14.1. The van der Waals surface area contributed by atoms with Crippen LogP contribution in [-0.2, 0) is 4.74 Å². The van der Waals surface area contributed by atoms with Gasteiger partial charge in [-0.3, -0.25) is 4.90 Å². The zero-order chi connectivity index (χ0) is 26.7. The first kappa shape index (κ1) is 27.8. The molecule has 2 aliphatic rings. The minimum atomic E-state index is 0.475. The molecule has 202 valence electrons. The molecule has 0 N–H and O–H groups in total. The van der Waals surface area contributed by atoms with Gasteiger partial charge in [0.1, 0.15) is 31.2 Å². The molecule has 1 aliphatic carbocycles. The molecule has 10 heteroatoms. The highest BCUT2D eigenvalue weighted by Crippen LogP contribution is 2.33. The molecule has 3 aromatic rings. The molecule has 0 amide bonds. The molecule has 1 saturated carbocycles. The first-order chi connectivity index (χ1) is 18.6. The minimum absolute atomic E-state index is 0.475. The van der Waals surface area contributed by atoms with Gasteiger partial charge in [0, 0.05) is 23.8 Å². The molecule has 5 rings (SSSR count). The number of amidine groups is 1. The average molecular weight is 559 g/mol. The van der Waals surface area contributed by atoms with Gasteiger partial charge in [-0.05, 0) is 61.2 Å². The van der Waals surface area contributed by atoms with Crippen LogP contribution < -0.4 is 19.3 Å². The lowest BCUT2D eigenvalue weighted by Gasteiger charge is -2.37. The number of anilines is 2. The maximum Gasteiger partial charge on any atom is 0.295 e. The summed E-state index contributed by atoms with van der Waals surface area (Å²) in [5, 5.41) is 1.11. The van der Waals surface area contributed by atoms with E-state index in [1.807, 2.05) is 41.3 Å². The van der Waals surface area contributed by atoms with E-state index in [0.29, 0.717) is 53.4 Å². The van der Waals surface area contributed by atoms with Crippen LogP contribution in [0.1, 0.15) is 32.1 Å². The van der Waals surface area contributed by atoms with E-state index in [2.05, 4.69) is 14.9 Å².